The Balaban J connectivity index is 2.04. The molecule has 1 aromatic carbocycles. The first-order chi connectivity index (χ1) is 8.31. The first-order valence-corrected chi connectivity index (χ1v) is 7.16. The van der Waals surface area contributed by atoms with Crippen molar-refractivity contribution >= 4 is 23.4 Å². The second kappa shape index (κ2) is 6.07. The van der Waals surface area contributed by atoms with E-state index in [1.165, 1.54) is 5.56 Å². The average Bonchev–Trinajstić information content (AvgIpc) is 2.85. The van der Waals surface area contributed by atoms with Crippen molar-refractivity contribution in [3.63, 3.8) is 0 Å². The Labute approximate surface area is 106 Å². The van der Waals surface area contributed by atoms with Crippen LogP contribution in [0.15, 0.2) is 24.3 Å². The van der Waals surface area contributed by atoms with Crippen LogP contribution in [0.25, 0.3) is 0 Å². The lowest BCUT2D eigenvalue weighted by Crippen LogP contribution is -2.23. The minimum atomic E-state index is 0.0114. The monoisotopic (exact) mass is 251 g/mol. The van der Waals surface area contributed by atoms with Crippen LogP contribution < -0.4 is 5.32 Å². The number of ether oxygens (including phenoxy) is 1. The van der Waals surface area contributed by atoms with Gasteiger partial charge in [-0.25, -0.2) is 0 Å². The van der Waals surface area contributed by atoms with Crippen molar-refractivity contribution in [3.8, 4) is 0 Å². The van der Waals surface area contributed by atoms with Crippen molar-refractivity contribution < 1.29 is 9.53 Å². The highest BCUT2D eigenvalue weighted by molar-refractivity contribution is 7.97. The van der Waals surface area contributed by atoms with Gasteiger partial charge in [-0.15, -0.1) is 0 Å². The maximum absolute atomic E-state index is 12.0. The number of carbonyl (C=O) groups is 1. The Hall–Kier alpha value is -1.00. The van der Waals surface area contributed by atoms with Gasteiger partial charge in [-0.2, -0.15) is 11.8 Å². The van der Waals surface area contributed by atoms with Gasteiger partial charge in [0, 0.05) is 18.0 Å². The van der Waals surface area contributed by atoms with E-state index >= 15 is 0 Å². The molecule has 1 aromatic rings. The fraction of sp³-hybridized carbons (Fsp3) is 0.462. The number of nitrogens with one attached hydrogen (secondary N) is 1. The number of anilines is 1. The van der Waals surface area contributed by atoms with Crippen molar-refractivity contribution in [1.29, 1.82) is 0 Å². The standard InChI is InChI=1S/C13H17NO2S/c1-17-9-11-4-2-3-5-12(11)14-13(15)10-6-7-16-8-10/h2-5,10H,6-9H2,1H3,(H,14,15)/t10-/m0/s1. The minimum Gasteiger partial charge on any atom is -0.381 e. The molecule has 0 saturated carbocycles. The van der Waals surface area contributed by atoms with E-state index in [0.717, 1.165) is 17.9 Å². The third kappa shape index (κ3) is 3.23. The lowest BCUT2D eigenvalue weighted by Gasteiger charge is -2.12. The SMILES string of the molecule is CSCc1ccccc1NC(=O)[C@H]1CCOC1. The summed E-state index contributed by atoms with van der Waals surface area (Å²) in [6, 6.07) is 7.96. The van der Waals surface area contributed by atoms with E-state index in [9.17, 15) is 4.79 Å². The molecule has 0 radical (unpaired) electrons. The number of thioether (sulfide) groups is 1. The van der Waals surface area contributed by atoms with E-state index in [0.29, 0.717) is 13.2 Å². The van der Waals surface area contributed by atoms with Crippen LogP contribution in [0.2, 0.25) is 0 Å². The molecular weight excluding hydrogens is 234 g/mol. The molecule has 2 rings (SSSR count). The Bertz CT molecular complexity index is 389. The Morgan fingerprint density at radius 3 is 3.06 bits per heavy atom. The van der Waals surface area contributed by atoms with E-state index in [2.05, 4.69) is 17.6 Å². The molecule has 1 fully saturated rings. The smallest absolute Gasteiger partial charge is 0.229 e. The highest BCUT2D eigenvalue weighted by Gasteiger charge is 2.23. The zero-order valence-corrected chi connectivity index (χ0v) is 10.8. The van der Waals surface area contributed by atoms with E-state index in [-0.39, 0.29) is 11.8 Å². The van der Waals surface area contributed by atoms with Crippen LogP contribution in [0, 0.1) is 5.92 Å². The number of benzene rings is 1. The Morgan fingerprint density at radius 1 is 1.53 bits per heavy atom. The van der Waals surface area contributed by atoms with Gasteiger partial charge >= 0.3 is 0 Å². The molecule has 0 spiro atoms. The summed E-state index contributed by atoms with van der Waals surface area (Å²) >= 11 is 1.75. The molecule has 92 valence electrons. The average molecular weight is 251 g/mol. The summed E-state index contributed by atoms with van der Waals surface area (Å²) in [4.78, 5) is 12.0. The number of carbonyl (C=O) groups excluding carboxylic acids is 1. The van der Waals surface area contributed by atoms with Crippen molar-refractivity contribution in [1.82, 2.24) is 0 Å². The van der Waals surface area contributed by atoms with Gasteiger partial charge in [0.05, 0.1) is 12.5 Å². The normalized spacial score (nSPS) is 19.2. The Morgan fingerprint density at radius 2 is 2.35 bits per heavy atom. The summed E-state index contributed by atoms with van der Waals surface area (Å²) in [6.07, 6.45) is 2.89. The second-order valence-corrected chi connectivity index (χ2v) is 5.01. The molecule has 0 unspecified atom stereocenters. The molecule has 1 saturated heterocycles. The number of rotatable bonds is 4. The molecule has 0 bridgehead atoms. The van der Waals surface area contributed by atoms with Crippen LogP contribution >= 0.6 is 11.8 Å². The van der Waals surface area contributed by atoms with Gasteiger partial charge in [0.15, 0.2) is 0 Å². The lowest BCUT2D eigenvalue weighted by molar-refractivity contribution is -0.119. The van der Waals surface area contributed by atoms with Crippen LogP contribution in [0.1, 0.15) is 12.0 Å². The molecule has 0 aliphatic carbocycles. The van der Waals surface area contributed by atoms with Crippen molar-refractivity contribution in [2.45, 2.75) is 12.2 Å². The van der Waals surface area contributed by atoms with E-state index < -0.39 is 0 Å². The molecule has 1 N–H and O–H groups in total. The molecule has 1 amide bonds. The number of hydrogen-bond acceptors (Lipinski definition) is 3. The minimum absolute atomic E-state index is 0.0114. The summed E-state index contributed by atoms with van der Waals surface area (Å²) in [5.74, 6) is 1.01. The van der Waals surface area contributed by atoms with Gasteiger partial charge in [0.2, 0.25) is 5.91 Å². The van der Waals surface area contributed by atoms with Gasteiger partial charge in [-0.1, -0.05) is 18.2 Å². The van der Waals surface area contributed by atoms with Crippen LogP contribution in [-0.2, 0) is 15.3 Å². The zero-order valence-electron chi connectivity index (χ0n) is 9.94. The number of hydrogen-bond donors (Lipinski definition) is 1. The van der Waals surface area contributed by atoms with Crippen molar-refractivity contribution in [2.24, 2.45) is 5.92 Å². The largest absolute Gasteiger partial charge is 0.381 e. The van der Waals surface area contributed by atoms with Crippen molar-refractivity contribution in [2.75, 3.05) is 24.8 Å². The lowest BCUT2D eigenvalue weighted by atomic mass is 10.1. The predicted octanol–water partition coefficient (Wildman–Crippen LogP) is 2.52. The molecule has 4 heteroatoms. The maximum atomic E-state index is 12.0. The first kappa shape index (κ1) is 12.5. The zero-order chi connectivity index (χ0) is 12.1. The topological polar surface area (TPSA) is 38.3 Å². The highest BCUT2D eigenvalue weighted by Crippen LogP contribution is 2.21. The summed E-state index contributed by atoms with van der Waals surface area (Å²) in [6.45, 7) is 1.25. The van der Waals surface area contributed by atoms with Crippen LogP contribution in [0.5, 0.6) is 0 Å². The second-order valence-electron chi connectivity index (χ2n) is 4.14. The van der Waals surface area contributed by atoms with Crippen LogP contribution in [0.4, 0.5) is 5.69 Å². The molecule has 1 aliphatic rings. The van der Waals surface area contributed by atoms with Crippen molar-refractivity contribution in [3.05, 3.63) is 29.8 Å². The van der Waals surface area contributed by atoms with Gasteiger partial charge in [0.25, 0.3) is 0 Å². The molecule has 0 aromatic heterocycles. The molecule has 17 heavy (non-hydrogen) atoms. The highest BCUT2D eigenvalue weighted by atomic mass is 32.2. The molecule has 1 heterocycles. The van der Waals surface area contributed by atoms with Gasteiger partial charge in [0.1, 0.15) is 0 Å². The van der Waals surface area contributed by atoms with Crippen LogP contribution in [-0.4, -0.2) is 25.4 Å². The summed E-state index contributed by atoms with van der Waals surface area (Å²) in [7, 11) is 0. The maximum Gasteiger partial charge on any atom is 0.229 e. The van der Waals surface area contributed by atoms with Gasteiger partial charge < -0.3 is 10.1 Å². The number of para-hydroxylation sites is 1. The summed E-state index contributed by atoms with van der Waals surface area (Å²) in [5.41, 5.74) is 2.10. The summed E-state index contributed by atoms with van der Waals surface area (Å²) in [5, 5.41) is 3.00. The number of amides is 1. The Kier molecular flexibility index (Phi) is 4.45. The van der Waals surface area contributed by atoms with E-state index in [1.54, 1.807) is 11.8 Å². The van der Waals surface area contributed by atoms with Gasteiger partial charge in [-0.3, -0.25) is 4.79 Å². The van der Waals surface area contributed by atoms with E-state index in [1.807, 2.05) is 18.2 Å². The van der Waals surface area contributed by atoms with Gasteiger partial charge in [-0.05, 0) is 24.3 Å². The predicted molar refractivity (Wildman–Crippen MR) is 71.2 cm³/mol. The first-order valence-electron chi connectivity index (χ1n) is 5.76. The fourth-order valence-electron chi connectivity index (χ4n) is 1.90. The molecular formula is C13H17NO2S. The molecule has 3 nitrogen and oxygen atoms in total. The quantitative estimate of drug-likeness (QED) is 0.893. The fourth-order valence-corrected chi connectivity index (χ4v) is 2.46. The summed E-state index contributed by atoms with van der Waals surface area (Å²) < 4.78 is 5.23. The third-order valence-electron chi connectivity index (χ3n) is 2.88. The van der Waals surface area contributed by atoms with E-state index in [4.69, 9.17) is 4.74 Å². The molecule has 1 atom stereocenters. The molecule has 1 aliphatic heterocycles. The van der Waals surface area contributed by atoms with Crippen LogP contribution in [0.3, 0.4) is 0 Å². The third-order valence-corrected chi connectivity index (χ3v) is 3.48.